The highest BCUT2D eigenvalue weighted by atomic mass is 19.1. The van der Waals surface area contributed by atoms with Gasteiger partial charge < -0.3 is 14.2 Å². The number of hydrogen-bond acceptors (Lipinski definition) is 1. The molecule has 1 atom stereocenters. The second-order valence-corrected chi connectivity index (χ2v) is 6.66. The summed E-state index contributed by atoms with van der Waals surface area (Å²) < 4.78 is 35.3. The van der Waals surface area contributed by atoms with Crippen molar-refractivity contribution >= 4 is 0 Å². The van der Waals surface area contributed by atoms with Crippen LogP contribution in [0.25, 0.3) is 0 Å². The average Bonchev–Trinajstić information content (AvgIpc) is 3.10. The van der Waals surface area contributed by atoms with Gasteiger partial charge in [-0.1, -0.05) is 36.4 Å². The first-order chi connectivity index (χ1) is 13.2. The number of nitrogens with one attached hydrogen (secondary N) is 1. The third-order valence-corrected chi connectivity index (χ3v) is 4.71. The van der Waals surface area contributed by atoms with Crippen LogP contribution >= 0.6 is 0 Å². The van der Waals surface area contributed by atoms with Crippen molar-refractivity contribution < 1.29 is 18.4 Å². The third kappa shape index (κ3) is 5.25. The molecule has 0 aliphatic heterocycles. The van der Waals surface area contributed by atoms with Gasteiger partial charge in [0.05, 0.1) is 18.8 Å². The van der Waals surface area contributed by atoms with Crippen LogP contribution < -0.4 is 4.90 Å². The van der Waals surface area contributed by atoms with Crippen LogP contribution in [0, 0.1) is 11.6 Å². The lowest BCUT2D eigenvalue weighted by Gasteiger charge is -2.21. The Kier molecular flexibility index (Phi) is 6.74. The number of ether oxygens (including phenoxy) is 1. The molecule has 1 aromatic heterocycles. The molecule has 3 rings (SSSR count). The Morgan fingerprint density at radius 3 is 2.19 bits per heavy atom. The lowest BCUT2D eigenvalue weighted by atomic mass is 10.2. The van der Waals surface area contributed by atoms with Gasteiger partial charge in [0.2, 0.25) is 0 Å². The molecule has 1 N–H and O–H groups in total. The van der Waals surface area contributed by atoms with E-state index in [1.165, 1.54) is 17.0 Å². The molecule has 5 heteroatoms. The van der Waals surface area contributed by atoms with Gasteiger partial charge in [-0.2, -0.15) is 0 Å². The summed E-state index contributed by atoms with van der Waals surface area (Å²) >= 11 is 0. The predicted octanol–water partition coefficient (Wildman–Crippen LogP) is 3.05. The summed E-state index contributed by atoms with van der Waals surface area (Å²) in [7, 11) is 1.67. The van der Waals surface area contributed by atoms with Crippen molar-refractivity contribution in [3.05, 3.63) is 95.3 Å². The monoisotopic (exact) mass is 371 g/mol. The minimum Gasteiger partial charge on any atom is -0.379 e. The Labute approximate surface area is 158 Å². The summed E-state index contributed by atoms with van der Waals surface area (Å²) in [4.78, 5) is 1.19. The summed E-state index contributed by atoms with van der Waals surface area (Å²) in [5, 5.41) is 0. The van der Waals surface area contributed by atoms with Gasteiger partial charge in [0.1, 0.15) is 31.3 Å². The van der Waals surface area contributed by atoms with Gasteiger partial charge in [0, 0.05) is 24.4 Å². The zero-order chi connectivity index (χ0) is 19.1. The fourth-order valence-corrected chi connectivity index (χ4v) is 3.23. The third-order valence-electron chi connectivity index (χ3n) is 4.71. The van der Waals surface area contributed by atoms with E-state index < -0.39 is 0 Å². The molecule has 3 nitrogen and oxygen atoms in total. The second kappa shape index (κ2) is 9.44. The Hall–Kier alpha value is -2.50. The molecule has 0 saturated heterocycles. The number of rotatable bonds is 9. The Morgan fingerprint density at radius 2 is 1.52 bits per heavy atom. The molecule has 0 radical (unpaired) electrons. The first-order valence-corrected chi connectivity index (χ1v) is 9.10. The van der Waals surface area contributed by atoms with Crippen molar-refractivity contribution in [3.8, 4) is 0 Å². The number of benzene rings is 2. The fourth-order valence-electron chi connectivity index (χ4n) is 3.23. The minimum atomic E-state index is -0.202. The van der Waals surface area contributed by atoms with Crippen molar-refractivity contribution in [3.63, 3.8) is 0 Å². The van der Waals surface area contributed by atoms with Crippen LogP contribution in [0.5, 0.6) is 0 Å². The van der Waals surface area contributed by atoms with E-state index in [4.69, 9.17) is 4.74 Å². The number of aromatic nitrogens is 1. The molecule has 3 aromatic rings. The molecular weight excluding hydrogens is 346 g/mol. The van der Waals surface area contributed by atoms with Crippen LogP contribution in [-0.2, 0) is 24.4 Å². The van der Waals surface area contributed by atoms with Crippen LogP contribution in [0.1, 0.15) is 16.8 Å². The molecule has 2 aromatic carbocycles. The summed E-state index contributed by atoms with van der Waals surface area (Å²) in [6.45, 7) is 3.11. The molecule has 1 heterocycles. The number of halogens is 2. The fraction of sp³-hybridized carbons (Fsp3) is 0.273. The maximum atomic E-state index is 14.1. The number of methoxy groups -OCH3 is 1. The van der Waals surface area contributed by atoms with Crippen LogP contribution in [0.4, 0.5) is 8.78 Å². The normalized spacial score (nSPS) is 12.3. The number of hydrogen-bond donors (Lipinski definition) is 1. The summed E-state index contributed by atoms with van der Waals surface area (Å²) in [6, 6.07) is 17.7. The first kappa shape index (κ1) is 19.3. The highest BCUT2D eigenvalue weighted by Crippen LogP contribution is 2.11. The molecule has 0 spiro atoms. The maximum Gasteiger partial charge on any atom is 0.132 e. The van der Waals surface area contributed by atoms with Crippen LogP contribution in [-0.4, -0.2) is 24.8 Å². The molecule has 0 aliphatic rings. The zero-order valence-electron chi connectivity index (χ0n) is 15.5. The van der Waals surface area contributed by atoms with E-state index in [0.29, 0.717) is 37.4 Å². The molecule has 0 saturated carbocycles. The van der Waals surface area contributed by atoms with E-state index in [0.717, 1.165) is 12.2 Å². The molecule has 0 aliphatic carbocycles. The summed E-state index contributed by atoms with van der Waals surface area (Å²) in [5.41, 5.74) is 2.43. The Bertz CT molecular complexity index is 863. The van der Waals surface area contributed by atoms with Crippen molar-refractivity contribution in [2.45, 2.75) is 19.6 Å². The molecule has 142 valence electrons. The standard InChI is InChI=1S/C22H24F2N2O/c1-27-14-13-25(15-18-7-2-4-10-21(18)23)17-20-9-6-12-26(20)16-19-8-3-5-11-22(19)24/h2-12H,13-17H2,1H3/p+1. The van der Waals surface area contributed by atoms with Crippen LogP contribution in [0.15, 0.2) is 66.9 Å². The average molecular weight is 371 g/mol. The van der Waals surface area contributed by atoms with Gasteiger partial charge >= 0.3 is 0 Å². The van der Waals surface area contributed by atoms with Gasteiger partial charge in [-0.05, 0) is 24.3 Å². The summed E-state index contributed by atoms with van der Waals surface area (Å²) in [6.07, 6.45) is 1.96. The van der Waals surface area contributed by atoms with Crippen LogP contribution in [0.2, 0.25) is 0 Å². The summed E-state index contributed by atoms with van der Waals surface area (Å²) in [5.74, 6) is -0.388. The number of quaternary nitrogens is 1. The molecular formula is C22H25F2N2O+. The molecule has 0 bridgehead atoms. The SMILES string of the molecule is COCC[NH+](Cc1ccccc1F)Cc1cccn1Cc1ccccc1F. The van der Waals surface area contributed by atoms with Gasteiger partial charge in [-0.3, -0.25) is 0 Å². The van der Waals surface area contributed by atoms with E-state index in [2.05, 4.69) is 0 Å². The second-order valence-electron chi connectivity index (χ2n) is 6.66. The lowest BCUT2D eigenvalue weighted by Crippen LogP contribution is -3.10. The van der Waals surface area contributed by atoms with Gasteiger partial charge in [0.15, 0.2) is 0 Å². The van der Waals surface area contributed by atoms with E-state index >= 15 is 0 Å². The van der Waals surface area contributed by atoms with Crippen molar-refractivity contribution in [2.75, 3.05) is 20.3 Å². The highest BCUT2D eigenvalue weighted by Gasteiger charge is 2.16. The molecule has 27 heavy (non-hydrogen) atoms. The van der Waals surface area contributed by atoms with Crippen LogP contribution in [0.3, 0.4) is 0 Å². The number of nitrogens with zero attached hydrogens (tertiary/aromatic N) is 1. The zero-order valence-corrected chi connectivity index (χ0v) is 15.5. The Balaban J connectivity index is 1.75. The molecule has 0 amide bonds. The van der Waals surface area contributed by atoms with Gasteiger partial charge in [-0.25, -0.2) is 8.78 Å². The topological polar surface area (TPSA) is 18.6 Å². The van der Waals surface area contributed by atoms with Crippen molar-refractivity contribution in [2.24, 2.45) is 0 Å². The smallest absolute Gasteiger partial charge is 0.132 e. The minimum absolute atomic E-state index is 0.186. The highest BCUT2D eigenvalue weighted by molar-refractivity contribution is 5.19. The van der Waals surface area contributed by atoms with Crippen molar-refractivity contribution in [1.29, 1.82) is 0 Å². The molecule has 1 unspecified atom stereocenters. The van der Waals surface area contributed by atoms with Gasteiger partial charge in [0.25, 0.3) is 0 Å². The Morgan fingerprint density at radius 1 is 0.852 bits per heavy atom. The van der Waals surface area contributed by atoms with E-state index in [9.17, 15) is 8.78 Å². The first-order valence-electron chi connectivity index (χ1n) is 9.10. The van der Waals surface area contributed by atoms with Crippen molar-refractivity contribution in [1.82, 2.24) is 4.57 Å². The maximum absolute atomic E-state index is 14.1. The largest absolute Gasteiger partial charge is 0.379 e. The van der Waals surface area contributed by atoms with Gasteiger partial charge in [-0.15, -0.1) is 0 Å². The van der Waals surface area contributed by atoms with E-state index in [-0.39, 0.29) is 11.6 Å². The van der Waals surface area contributed by atoms with E-state index in [1.54, 1.807) is 25.3 Å². The predicted molar refractivity (Wildman–Crippen MR) is 101 cm³/mol. The van der Waals surface area contributed by atoms with E-state index in [1.807, 2.05) is 41.1 Å². The quantitative estimate of drug-likeness (QED) is 0.612. The lowest BCUT2D eigenvalue weighted by molar-refractivity contribution is -0.928. The molecule has 0 fully saturated rings.